The topological polar surface area (TPSA) is 26.3 Å². The second kappa shape index (κ2) is 7.36. The summed E-state index contributed by atoms with van der Waals surface area (Å²) in [6.07, 6.45) is 1.14. The van der Waals surface area contributed by atoms with Gasteiger partial charge in [0.1, 0.15) is 11.6 Å². The van der Waals surface area contributed by atoms with Gasteiger partial charge in [-0.1, -0.05) is 41.1 Å². The Balaban J connectivity index is 2.12. The van der Waals surface area contributed by atoms with Gasteiger partial charge in [0.05, 0.1) is 6.61 Å². The van der Waals surface area contributed by atoms with E-state index < -0.39 is 0 Å². The Bertz CT molecular complexity index is 640. The third-order valence-corrected chi connectivity index (χ3v) is 3.73. The minimum Gasteiger partial charge on any atom is -0.494 e. The van der Waals surface area contributed by atoms with Crippen molar-refractivity contribution in [2.75, 3.05) is 6.61 Å². The van der Waals surface area contributed by atoms with Gasteiger partial charge in [0, 0.05) is 16.5 Å². The van der Waals surface area contributed by atoms with E-state index in [9.17, 15) is 9.18 Å². The number of rotatable bonds is 6. The van der Waals surface area contributed by atoms with Crippen molar-refractivity contribution >= 4 is 21.7 Å². The van der Waals surface area contributed by atoms with Crippen molar-refractivity contribution in [3.05, 3.63) is 63.9 Å². The summed E-state index contributed by atoms with van der Waals surface area (Å²) in [6.45, 7) is 2.65. The van der Waals surface area contributed by atoms with E-state index >= 15 is 0 Å². The van der Waals surface area contributed by atoms with E-state index in [1.54, 1.807) is 24.3 Å². The molecule has 0 aliphatic carbocycles. The van der Waals surface area contributed by atoms with Crippen LogP contribution >= 0.6 is 15.9 Å². The SMILES string of the molecule is CCCOc1cccc(C(=O)Cc2ccc(F)cc2Br)c1. The molecule has 0 bridgehead atoms. The lowest BCUT2D eigenvalue weighted by molar-refractivity contribution is 0.0992. The van der Waals surface area contributed by atoms with Gasteiger partial charge in [-0.15, -0.1) is 0 Å². The third kappa shape index (κ3) is 4.39. The molecule has 0 saturated heterocycles. The molecule has 0 N–H and O–H groups in total. The summed E-state index contributed by atoms with van der Waals surface area (Å²) in [4.78, 5) is 12.3. The fourth-order valence-corrected chi connectivity index (χ4v) is 2.41. The number of ketones is 1. The fraction of sp³-hybridized carbons (Fsp3) is 0.235. The van der Waals surface area contributed by atoms with Crippen molar-refractivity contribution in [2.45, 2.75) is 19.8 Å². The van der Waals surface area contributed by atoms with Gasteiger partial charge in [0.15, 0.2) is 5.78 Å². The van der Waals surface area contributed by atoms with Gasteiger partial charge < -0.3 is 4.74 Å². The van der Waals surface area contributed by atoms with Crippen LogP contribution in [0.15, 0.2) is 46.9 Å². The Hall–Kier alpha value is -1.68. The second-order valence-corrected chi connectivity index (χ2v) is 5.57. The van der Waals surface area contributed by atoms with Crippen LogP contribution in [0.5, 0.6) is 5.75 Å². The molecule has 0 aromatic heterocycles. The summed E-state index contributed by atoms with van der Waals surface area (Å²) in [5, 5.41) is 0. The second-order valence-electron chi connectivity index (χ2n) is 4.71. The molecule has 21 heavy (non-hydrogen) atoms. The summed E-state index contributed by atoms with van der Waals surface area (Å²) in [7, 11) is 0. The molecule has 2 aromatic rings. The molecular formula is C17H16BrFO2. The molecule has 0 heterocycles. The molecule has 0 radical (unpaired) electrons. The van der Waals surface area contributed by atoms with Crippen molar-refractivity contribution in [3.63, 3.8) is 0 Å². The summed E-state index contributed by atoms with van der Waals surface area (Å²) < 4.78 is 19.2. The number of ether oxygens (including phenoxy) is 1. The van der Waals surface area contributed by atoms with E-state index in [-0.39, 0.29) is 18.0 Å². The molecule has 4 heteroatoms. The summed E-state index contributed by atoms with van der Waals surface area (Å²) in [6, 6.07) is 11.5. The Morgan fingerprint density at radius 3 is 2.76 bits per heavy atom. The lowest BCUT2D eigenvalue weighted by Crippen LogP contribution is -2.05. The van der Waals surface area contributed by atoms with Crippen molar-refractivity contribution in [1.29, 1.82) is 0 Å². The maximum absolute atomic E-state index is 13.0. The number of halogens is 2. The molecule has 0 aliphatic rings. The van der Waals surface area contributed by atoms with Crippen molar-refractivity contribution in [1.82, 2.24) is 0 Å². The van der Waals surface area contributed by atoms with Crippen LogP contribution in [-0.2, 0) is 6.42 Å². The standard InChI is InChI=1S/C17H16BrFO2/c1-2-8-21-15-5-3-4-13(9-15)17(20)10-12-6-7-14(19)11-16(12)18/h3-7,9,11H,2,8,10H2,1H3. The number of hydrogen-bond acceptors (Lipinski definition) is 2. The number of hydrogen-bond donors (Lipinski definition) is 0. The normalized spacial score (nSPS) is 10.4. The van der Waals surface area contributed by atoms with E-state index in [2.05, 4.69) is 15.9 Å². The molecular weight excluding hydrogens is 335 g/mol. The molecule has 0 atom stereocenters. The molecule has 2 nitrogen and oxygen atoms in total. The van der Waals surface area contributed by atoms with Crippen molar-refractivity contribution in [2.24, 2.45) is 0 Å². The van der Waals surface area contributed by atoms with Crippen LogP contribution in [0.1, 0.15) is 29.3 Å². The van der Waals surface area contributed by atoms with Crippen LogP contribution in [-0.4, -0.2) is 12.4 Å². The van der Waals surface area contributed by atoms with E-state index in [1.807, 2.05) is 13.0 Å². The first-order chi connectivity index (χ1) is 10.1. The largest absolute Gasteiger partial charge is 0.494 e. The van der Waals surface area contributed by atoms with Crippen LogP contribution < -0.4 is 4.74 Å². The molecule has 0 amide bonds. The van der Waals surface area contributed by atoms with E-state index in [0.717, 1.165) is 12.0 Å². The van der Waals surface area contributed by atoms with Crippen LogP contribution in [0.2, 0.25) is 0 Å². The van der Waals surface area contributed by atoms with Crippen molar-refractivity contribution in [3.8, 4) is 5.75 Å². The van der Waals surface area contributed by atoms with Gasteiger partial charge in [0.25, 0.3) is 0 Å². The van der Waals surface area contributed by atoms with Gasteiger partial charge in [-0.2, -0.15) is 0 Å². The number of Topliss-reactive ketones (excluding diaryl/α,β-unsaturated/α-hetero) is 1. The Labute approximate surface area is 132 Å². The molecule has 0 spiro atoms. The van der Waals surface area contributed by atoms with Crippen LogP contribution in [0.4, 0.5) is 4.39 Å². The summed E-state index contributed by atoms with van der Waals surface area (Å²) in [5.74, 6) is 0.346. The van der Waals surface area contributed by atoms with Crippen LogP contribution in [0.3, 0.4) is 0 Å². The molecule has 2 aromatic carbocycles. The average Bonchev–Trinajstić information content (AvgIpc) is 2.48. The quantitative estimate of drug-likeness (QED) is 0.699. The number of carbonyl (C=O) groups excluding carboxylic acids is 1. The molecule has 110 valence electrons. The minimum absolute atomic E-state index is 0.0238. The average molecular weight is 351 g/mol. The summed E-state index contributed by atoms with van der Waals surface area (Å²) in [5.41, 5.74) is 1.36. The monoisotopic (exact) mass is 350 g/mol. The predicted molar refractivity (Wildman–Crippen MR) is 84.4 cm³/mol. The zero-order valence-corrected chi connectivity index (χ0v) is 13.3. The smallest absolute Gasteiger partial charge is 0.167 e. The first-order valence-electron chi connectivity index (χ1n) is 6.80. The first kappa shape index (κ1) is 15.7. The maximum atomic E-state index is 13.0. The highest BCUT2D eigenvalue weighted by Gasteiger charge is 2.11. The van der Waals surface area contributed by atoms with E-state index in [1.165, 1.54) is 12.1 Å². The van der Waals surface area contributed by atoms with Gasteiger partial charge >= 0.3 is 0 Å². The van der Waals surface area contributed by atoms with Gasteiger partial charge in [-0.25, -0.2) is 4.39 Å². The van der Waals surface area contributed by atoms with Gasteiger partial charge in [0.2, 0.25) is 0 Å². The molecule has 2 rings (SSSR count). The minimum atomic E-state index is -0.326. The predicted octanol–water partition coefficient (Wildman–Crippen LogP) is 4.80. The maximum Gasteiger partial charge on any atom is 0.167 e. The van der Waals surface area contributed by atoms with Gasteiger partial charge in [-0.05, 0) is 36.2 Å². The highest BCUT2D eigenvalue weighted by molar-refractivity contribution is 9.10. The summed E-state index contributed by atoms with van der Waals surface area (Å²) >= 11 is 3.28. The Morgan fingerprint density at radius 1 is 1.24 bits per heavy atom. The number of benzene rings is 2. The lowest BCUT2D eigenvalue weighted by Gasteiger charge is -2.07. The Kier molecular flexibility index (Phi) is 5.51. The number of carbonyl (C=O) groups is 1. The third-order valence-electron chi connectivity index (χ3n) is 2.99. The van der Waals surface area contributed by atoms with Crippen LogP contribution in [0, 0.1) is 5.82 Å². The van der Waals surface area contributed by atoms with Crippen molar-refractivity contribution < 1.29 is 13.9 Å². The molecule has 0 saturated carbocycles. The van der Waals surface area contributed by atoms with Gasteiger partial charge in [-0.3, -0.25) is 4.79 Å². The van der Waals surface area contributed by atoms with Crippen LogP contribution in [0.25, 0.3) is 0 Å². The zero-order valence-electron chi connectivity index (χ0n) is 11.7. The van der Waals surface area contributed by atoms with E-state index in [0.29, 0.717) is 22.4 Å². The zero-order chi connectivity index (χ0) is 15.2. The highest BCUT2D eigenvalue weighted by Crippen LogP contribution is 2.21. The Morgan fingerprint density at radius 2 is 2.05 bits per heavy atom. The lowest BCUT2D eigenvalue weighted by atomic mass is 10.0. The van der Waals surface area contributed by atoms with E-state index in [4.69, 9.17) is 4.74 Å². The molecule has 0 aliphatic heterocycles. The highest BCUT2D eigenvalue weighted by atomic mass is 79.9. The molecule has 0 fully saturated rings. The first-order valence-corrected chi connectivity index (χ1v) is 7.59. The fourth-order valence-electron chi connectivity index (χ4n) is 1.92. The molecule has 0 unspecified atom stereocenters.